The highest BCUT2D eigenvalue weighted by atomic mass is 19.4. The second kappa shape index (κ2) is 3.94. The van der Waals surface area contributed by atoms with Crippen molar-refractivity contribution in [1.29, 1.82) is 0 Å². The highest BCUT2D eigenvalue weighted by Gasteiger charge is 2.34. The van der Waals surface area contributed by atoms with E-state index in [9.17, 15) is 18.0 Å². The van der Waals surface area contributed by atoms with Gasteiger partial charge in [-0.25, -0.2) is 0 Å². The van der Waals surface area contributed by atoms with Crippen LogP contribution in [0.4, 0.5) is 18.9 Å². The molecule has 0 saturated heterocycles. The number of nitrogens with one attached hydrogen (secondary N) is 1. The molecule has 1 amide bonds. The van der Waals surface area contributed by atoms with Crippen molar-refractivity contribution in [2.45, 2.75) is 25.1 Å². The number of nitrogen functional groups attached to an aromatic ring is 1. The lowest BCUT2D eigenvalue weighted by Gasteiger charge is -2.11. The minimum absolute atomic E-state index is 0.0153. The Balaban J connectivity index is 2.26. The molecular weight excluding hydrogens is 233 g/mol. The smallest absolute Gasteiger partial charge is 0.398 e. The maximum atomic E-state index is 12.6. The molecule has 0 aromatic heterocycles. The number of benzene rings is 1. The zero-order valence-electron chi connectivity index (χ0n) is 8.84. The maximum Gasteiger partial charge on any atom is 0.418 e. The lowest BCUT2D eigenvalue weighted by molar-refractivity contribution is -0.136. The third-order valence-corrected chi connectivity index (χ3v) is 2.53. The van der Waals surface area contributed by atoms with Crippen LogP contribution in [0.5, 0.6) is 0 Å². The third-order valence-electron chi connectivity index (χ3n) is 2.53. The van der Waals surface area contributed by atoms with E-state index in [1.807, 2.05) is 0 Å². The van der Waals surface area contributed by atoms with Gasteiger partial charge in [0.2, 0.25) is 0 Å². The topological polar surface area (TPSA) is 55.1 Å². The molecule has 0 heterocycles. The van der Waals surface area contributed by atoms with Gasteiger partial charge in [-0.15, -0.1) is 0 Å². The van der Waals surface area contributed by atoms with Gasteiger partial charge < -0.3 is 11.1 Å². The maximum absolute atomic E-state index is 12.6. The summed E-state index contributed by atoms with van der Waals surface area (Å²) in [7, 11) is 0. The standard InChI is InChI=1S/C11H11F3N2O/c12-11(13,14)8-5-6(1-4-9(8)15)10(17)16-7-2-3-7/h1,4-5,7H,2-3,15H2,(H,16,17). The van der Waals surface area contributed by atoms with Crippen LogP contribution in [0.15, 0.2) is 18.2 Å². The fraction of sp³-hybridized carbons (Fsp3) is 0.364. The molecule has 2 rings (SSSR count). The normalized spacial score (nSPS) is 15.7. The Morgan fingerprint density at radius 2 is 2.00 bits per heavy atom. The lowest BCUT2D eigenvalue weighted by Crippen LogP contribution is -2.25. The summed E-state index contributed by atoms with van der Waals surface area (Å²) in [6, 6.07) is 3.29. The van der Waals surface area contributed by atoms with E-state index >= 15 is 0 Å². The van der Waals surface area contributed by atoms with E-state index in [4.69, 9.17) is 5.73 Å². The molecule has 1 fully saturated rings. The van der Waals surface area contributed by atoms with Gasteiger partial charge in [0.05, 0.1) is 5.56 Å². The second-order valence-electron chi connectivity index (χ2n) is 4.05. The summed E-state index contributed by atoms with van der Waals surface area (Å²) in [6.45, 7) is 0. The van der Waals surface area contributed by atoms with Crippen molar-refractivity contribution < 1.29 is 18.0 Å². The summed E-state index contributed by atoms with van der Waals surface area (Å²) < 4.78 is 37.7. The monoisotopic (exact) mass is 244 g/mol. The predicted molar refractivity (Wildman–Crippen MR) is 56.3 cm³/mol. The Hall–Kier alpha value is -1.72. The summed E-state index contributed by atoms with van der Waals surface area (Å²) in [5, 5.41) is 2.62. The van der Waals surface area contributed by atoms with E-state index in [1.54, 1.807) is 0 Å². The van der Waals surface area contributed by atoms with Crippen LogP contribution >= 0.6 is 0 Å². The molecule has 0 spiro atoms. The molecule has 0 atom stereocenters. The van der Waals surface area contributed by atoms with E-state index in [1.165, 1.54) is 6.07 Å². The molecule has 1 aromatic rings. The number of halogens is 3. The quantitative estimate of drug-likeness (QED) is 0.783. The third kappa shape index (κ3) is 2.69. The van der Waals surface area contributed by atoms with E-state index in [2.05, 4.69) is 5.32 Å². The molecule has 0 radical (unpaired) electrons. The Labute approximate surface area is 95.8 Å². The van der Waals surface area contributed by atoms with E-state index < -0.39 is 17.6 Å². The SMILES string of the molecule is Nc1ccc(C(=O)NC2CC2)cc1C(F)(F)F. The summed E-state index contributed by atoms with van der Waals surface area (Å²) in [4.78, 5) is 11.6. The first-order valence-electron chi connectivity index (χ1n) is 5.15. The van der Waals surface area contributed by atoms with Crippen LogP contribution in [0.2, 0.25) is 0 Å². The molecule has 0 unspecified atom stereocenters. The molecule has 1 aliphatic rings. The van der Waals surface area contributed by atoms with Gasteiger partial charge in [-0.2, -0.15) is 13.2 Å². The van der Waals surface area contributed by atoms with Crippen LogP contribution in [0.25, 0.3) is 0 Å². The molecule has 1 aromatic carbocycles. The molecular formula is C11H11F3N2O. The molecule has 17 heavy (non-hydrogen) atoms. The van der Waals surface area contributed by atoms with Gasteiger partial charge in [-0.1, -0.05) is 0 Å². The first-order chi connectivity index (χ1) is 7.88. The van der Waals surface area contributed by atoms with Crippen molar-refractivity contribution in [2.75, 3.05) is 5.73 Å². The summed E-state index contributed by atoms with van der Waals surface area (Å²) in [5.41, 5.74) is 3.88. The van der Waals surface area contributed by atoms with Crippen molar-refractivity contribution in [2.24, 2.45) is 0 Å². The van der Waals surface area contributed by atoms with E-state index in [0.29, 0.717) is 0 Å². The lowest BCUT2D eigenvalue weighted by atomic mass is 10.1. The zero-order chi connectivity index (χ0) is 12.6. The average molecular weight is 244 g/mol. The molecule has 1 saturated carbocycles. The number of alkyl halides is 3. The minimum Gasteiger partial charge on any atom is -0.398 e. The van der Waals surface area contributed by atoms with Gasteiger partial charge in [0.25, 0.3) is 5.91 Å². The first-order valence-corrected chi connectivity index (χ1v) is 5.15. The van der Waals surface area contributed by atoms with Gasteiger partial charge in [-0.05, 0) is 31.0 Å². The number of rotatable bonds is 2. The van der Waals surface area contributed by atoms with E-state index in [0.717, 1.165) is 25.0 Å². The number of anilines is 1. The highest BCUT2D eigenvalue weighted by Crippen LogP contribution is 2.34. The van der Waals surface area contributed by atoms with Crippen molar-refractivity contribution in [3.05, 3.63) is 29.3 Å². The van der Waals surface area contributed by atoms with Gasteiger partial charge in [0.15, 0.2) is 0 Å². The summed E-state index contributed by atoms with van der Waals surface area (Å²) in [5.74, 6) is -0.488. The van der Waals surface area contributed by atoms with Crippen LogP contribution in [0, 0.1) is 0 Å². The zero-order valence-corrected chi connectivity index (χ0v) is 8.84. The largest absolute Gasteiger partial charge is 0.418 e. The van der Waals surface area contributed by atoms with Gasteiger partial charge in [-0.3, -0.25) is 4.79 Å². The number of nitrogens with two attached hydrogens (primary N) is 1. The average Bonchev–Trinajstić information content (AvgIpc) is 3.00. The molecule has 6 heteroatoms. The Morgan fingerprint density at radius 3 is 2.53 bits per heavy atom. The molecule has 92 valence electrons. The van der Waals surface area contributed by atoms with Crippen molar-refractivity contribution >= 4 is 11.6 Å². The Bertz CT molecular complexity index is 453. The predicted octanol–water partition coefficient (Wildman–Crippen LogP) is 2.18. The minimum atomic E-state index is -4.54. The fourth-order valence-corrected chi connectivity index (χ4v) is 1.44. The van der Waals surface area contributed by atoms with Crippen molar-refractivity contribution in [3.63, 3.8) is 0 Å². The summed E-state index contributed by atoms with van der Waals surface area (Å²) in [6.07, 6.45) is -2.78. The number of hydrogen-bond acceptors (Lipinski definition) is 2. The number of carbonyl (C=O) groups excluding carboxylic acids is 1. The molecule has 0 bridgehead atoms. The van der Waals surface area contributed by atoms with E-state index in [-0.39, 0.29) is 17.3 Å². The molecule has 3 N–H and O–H groups in total. The summed E-state index contributed by atoms with van der Waals surface area (Å²) >= 11 is 0. The van der Waals surface area contributed by atoms with Gasteiger partial charge >= 0.3 is 6.18 Å². The number of hydrogen-bond donors (Lipinski definition) is 2. The molecule has 3 nitrogen and oxygen atoms in total. The fourth-order valence-electron chi connectivity index (χ4n) is 1.44. The van der Waals surface area contributed by atoms with Crippen LogP contribution in [-0.4, -0.2) is 11.9 Å². The molecule has 1 aliphatic carbocycles. The first kappa shape index (κ1) is 11.8. The van der Waals surface area contributed by atoms with Crippen LogP contribution < -0.4 is 11.1 Å². The second-order valence-corrected chi connectivity index (χ2v) is 4.05. The number of amides is 1. The van der Waals surface area contributed by atoms with Crippen LogP contribution in [0.3, 0.4) is 0 Å². The van der Waals surface area contributed by atoms with Gasteiger partial charge in [0, 0.05) is 17.3 Å². The van der Waals surface area contributed by atoms with Crippen molar-refractivity contribution in [1.82, 2.24) is 5.32 Å². The van der Waals surface area contributed by atoms with Crippen LogP contribution in [-0.2, 0) is 6.18 Å². The molecule has 0 aliphatic heterocycles. The van der Waals surface area contributed by atoms with Crippen LogP contribution in [0.1, 0.15) is 28.8 Å². The highest BCUT2D eigenvalue weighted by molar-refractivity contribution is 5.95. The Morgan fingerprint density at radius 1 is 1.35 bits per heavy atom. The van der Waals surface area contributed by atoms with Crippen molar-refractivity contribution in [3.8, 4) is 0 Å². The Kier molecular flexibility index (Phi) is 2.73. The number of carbonyl (C=O) groups is 1. The van der Waals surface area contributed by atoms with Gasteiger partial charge in [0.1, 0.15) is 0 Å².